The number of carbonyl (C=O) groups excluding carboxylic acids is 1. The number of pyridine rings is 1. The van der Waals surface area contributed by atoms with E-state index in [1.54, 1.807) is 11.8 Å². The number of allylic oxidation sites excluding steroid dienone is 4. The molecule has 48 heavy (non-hydrogen) atoms. The third kappa shape index (κ3) is 5.01. The van der Waals surface area contributed by atoms with E-state index in [2.05, 4.69) is 64.0 Å². The van der Waals surface area contributed by atoms with E-state index in [0.717, 1.165) is 37.1 Å². The maximum absolute atomic E-state index is 13.4. The Balaban J connectivity index is 1.14. The van der Waals surface area contributed by atoms with Crippen LogP contribution < -0.4 is 10.1 Å². The summed E-state index contributed by atoms with van der Waals surface area (Å²) in [6, 6.07) is 5.66. The largest absolute Gasteiger partial charge is 0.476 e. The number of hydrogen-bond acceptors (Lipinski definition) is 5. The molecule has 0 radical (unpaired) electrons. The zero-order chi connectivity index (χ0) is 34.0. The molecular weight excluding hydrogens is 592 g/mol. The minimum absolute atomic E-state index is 0.102. The van der Waals surface area contributed by atoms with Gasteiger partial charge in [-0.3, -0.25) is 4.79 Å². The van der Waals surface area contributed by atoms with Crippen molar-refractivity contribution in [2.45, 2.75) is 137 Å². The van der Waals surface area contributed by atoms with Crippen LogP contribution in [-0.2, 0) is 9.53 Å². The molecule has 0 spiro atoms. The first-order valence-electron chi connectivity index (χ1n) is 19.8. The van der Waals surface area contributed by atoms with E-state index in [4.69, 9.17) is 9.47 Å². The Hall–Kier alpha value is -2.14. The molecular formula is C43H64N2O3. The minimum atomic E-state index is -0.671. The highest BCUT2D eigenvalue weighted by molar-refractivity contribution is 5.78. The summed E-state index contributed by atoms with van der Waals surface area (Å²) < 4.78 is 11.7. The van der Waals surface area contributed by atoms with E-state index in [-0.39, 0.29) is 11.4 Å². The van der Waals surface area contributed by atoms with Gasteiger partial charge in [-0.05, 0) is 153 Å². The van der Waals surface area contributed by atoms with Crippen LogP contribution in [0.4, 0.5) is 0 Å². The van der Waals surface area contributed by atoms with E-state index in [0.29, 0.717) is 53.2 Å². The Morgan fingerprint density at radius 2 is 1.71 bits per heavy atom. The molecule has 1 N–H and O–H groups in total. The summed E-state index contributed by atoms with van der Waals surface area (Å²) >= 11 is 0. The molecule has 1 aromatic rings. The molecule has 8 unspecified atom stereocenters. The van der Waals surface area contributed by atoms with Gasteiger partial charge in [-0.1, -0.05) is 66.2 Å². The number of esters is 1. The number of aromatic nitrogens is 1. The maximum atomic E-state index is 13.4. The van der Waals surface area contributed by atoms with Crippen LogP contribution in [0.1, 0.15) is 132 Å². The molecule has 0 saturated heterocycles. The molecule has 9 atom stereocenters. The van der Waals surface area contributed by atoms with Crippen molar-refractivity contribution in [1.29, 1.82) is 0 Å². The van der Waals surface area contributed by atoms with Crippen LogP contribution in [0.3, 0.4) is 0 Å². The molecule has 0 amide bonds. The number of ether oxygens (including phenoxy) is 2. The first-order chi connectivity index (χ1) is 22.9. The highest BCUT2D eigenvalue weighted by Crippen LogP contribution is 2.76. The molecule has 1 aromatic heterocycles. The van der Waals surface area contributed by atoms with Gasteiger partial charge < -0.3 is 14.8 Å². The van der Waals surface area contributed by atoms with Crippen LogP contribution in [0.5, 0.6) is 5.88 Å². The van der Waals surface area contributed by atoms with Crippen molar-refractivity contribution < 1.29 is 14.3 Å². The lowest BCUT2D eigenvalue weighted by Crippen LogP contribution is -2.67. The van der Waals surface area contributed by atoms with E-state index in [1.807, 2.05) is 25.1 Å². The summed E-state index contributed by atoms with van der Waals surface area (Å²) in [5, 5.41) is 4.08. The van der Waals surface area contributed by atoms with Gasteiger partial charge in [0.1, 0.15) is 12.0 Å². The lowest BCUT2D eigenvalue weighted by molar-refractivity contribution is -0.218. The van der Waals surface area contributed by atoms with Gasteiger partial charge in [0, 0.05) is 17.8 Å². The van der Waals surface area contributed by atoms with Crippen molar-refractivity contribution in [3.8, 4) is 5.88 Å². The zero-order valence-corrected chi connectivity index (χ0v) is 31.3. The van der Waals surface area contributed by atoms with E-state index in [9.17, 15) is 4.79 Å². The molecule has 4 fully saturated rings. The second-order valence-electron chi connectivity index (χ2n) is 18.3. The van der Waals surface area contributed by atoms with E-state index >= 15 is 0 Å². The van der Waals surface area contributed by atoms with Gasteiger partial charge in [-0.25, -0.2) is 4.98 Å². The van der Waals surface area contributed by atoms with Gasteiger partial charge in [0.15, 0.2) is 0 Å². The van der Waals surface area contributed by atoms with Gasteiger partial charge >= 0.3 is 5.97 Å². The SMILES string of the molecule is CCNC12CCCC1C1CCC3C4(C)CC=C(C5=CCC(COc6ccccn6)(C(=O)OCC)CC5)C(C)(C)C4CCC3(C)[C@]1(C)CC2. The fraction of sp³-hybridized carbons (Fsp3) is 0.767. The van der Waals surface area contributed by atoms with Gasteiger partial charge in [0.25, 0.3) is 0 Å². The summed E-state index contributed by atoms with van der Waals surface area (Å²) in [6.07, 6.45) is 22.8. The Kier molecular flexibility index (Phi) is 8.77. The summed E-state index contributed by atoms with van der Waals surface area (Å²) in [7, 11) is 0. The second kappa shape index (κ2) is 12.3. The molecule has 6 aliphatic carbocycles. The molecule has 264 valence electrons. The third-order valence-electron chi connectivity index (χ3n) is 16.3. The second-order valence-corrected chi connectivity index (χ2v) is 18.3. The molecule has 5 nitrogen and oxygen atoms in total. The minimum Gasteiger partial charge on any atom is -0.476 e. The van der Waals surface area contributed by atoms with Crippen molar-refractivity contribution in [3.63, 3.8) is 0 Å². The Bertz CT molecular complexity index is 1430. The van der Waals surface area contributed by atoms with Gasteiger partial charge in [-0.15, -0.1) is 0 Å². The lowest BCUT2D eigenvalue weighted by atomic mass is 9.33. The first-order valence-corrected chi connectivity index (χ1v) is 19.8. The fourth-order valence-corrected chi connectivity index (χ4v) is 13.8. The van der Waals surface area contributed by atoms with E-state index < -0.39 is 5.41 Å². The molecule has 6 aliphatic rings. The average molecular weight is 657 g/mol. The highest BCUT2D eigenvalue weighted by atomic mass is 16.5. The van der Waals surface area contributed by atoms with Gasteiger partial charge in [0.2, 0.25) is 5.88 Å². The predicted octanol–water partition coefficient (Wildman–Crippen LogP) is 9.87. The Labute approximate surface area is 291 Å². The summed E-state index contributed by atoms with van der Waals surface area (Å²) in [5.74, 6) is 3.60. The number of hydrogen-bond donors (Lipinski definition) is 1. The predicted molar refractivity (Wildman–Crippen MR) is 193 cm³/mol. The van der Waals surface area contributed by atoms with Crippen molar-refractivity contribution in [3.05, 3.63) is 47.7 Å². The average Bonchev–Trinajstić information content (AvgIpc) is 3.49. The number of fused-ring (bicyclic) bond motifs is 7. The first kappa shape index (κ1) is 34.3. The normalized spacial score (nSPS) is 43.1. The number of rotatable bonds is 8. The van der Waals surface area contributed by atoms with Gasteiger partial charge in [0.05, 0.1) is 6.61 Å². The van der Waals surface area contributed by atoms with Crippen LogP contribution in [0.2, 0.25) is 0 Å². The Morgan fingerprint density at radius 3 is 2.42 bits per heavy atom. The van der Waals surface area contributed by atoms with Crippen LogP contribution >= 0.6 is 0 Å². The molecule has 5 heteroatoms. The summed E-state index contributed by atoms with van der Waals surface area (Å²) in [4.78, 5) is 17.7. The lowest BCUT2D eigenvalue weighted by Gasteiger charge is -2.72. The van der Waals surface area contributed by atoms with E-state index in [1.165, 1.54) is 69.8 Å². The molecule has 4 saturated carbocycles. The molecule has 0 bridgehead atoms. The summed E-state index contributed by atoms with van der Waals surface area (Å²) in [5.41, 5.74) is 4.01. The monoisotopic (exact) mass is 656 g/mol. The zero-order valence-electron chi connectivity index (χ0n) is 31.3. The molecule has 0 aliphatic heterocycles. The van der Waals surface area contributed by atoms with Crippen molar-refractivity contribution >= 4 is 5.97 Å². The number of carbonyl (C=O) groups is 1. The van der Waals surface area contributed by atoms with Crippen LogP contribution in [0.25, 0.3) is 0 Å². The van der Waals surface area contributed by atoms with Crippen LogP contribution in [-0.4, -0.2) is 36.3 Å². The van der Waals surface area contributed by atoms with Crippen molar-refractivity contribution in [2.75, 3.05) is 19.8 Å². The van der Waals surface area contributed by atoms with Crippen molar-refractivity contribution in [1.82, 2.24) is 10.3 Å². The fourth-order valence-electron chi connectivity index (χ4n) is 13.8. The van der Waals surface area contributed by atoms with Crippen LogP contribution in [0.15, 0.2) is 47.7 Å². The van der Waals surface area contributed by atoms with Crippen molar-refractivity contribution in [2.24, 2.45) is 50.7 Å². The quantitative estimate of drug-likeness (QED) is 0.282. The highest BCUT2D eigenvalue weighted by Gasteiger charge is 2.69. The molecule has 7 rings (SSSR count). The van der Waals surface area contributed by atoms with Crippen LogP contribution in [0, 0.1) is 50.7 Å². The molecule has 1 heterocycles. The number of nitrogens with one attached hydrogen (secondary N) is 1. The molecule has 0 aromatic carbocycles. The standard InChI is InChI=1S/C43H64N2O3/c1-8-45-43-21-12-13-33(43)32-15-16-35-39(5)22-19-31(38(3,4)34(39)20-23-41(35,7)40(32,6)26-27-43)30-17-24-42(25-18-30,37(46)47-9-2)29-48-36-14-10-11-28-44-36/h10-11,14,17,19,28,32-35,45H,8-9,12-13,15-16,18,20-27,29H2,1-7H3/t32?,33?,34?,35?,39?,40-,41?,42?,43?/m1/s1. The number of nitrogens with zero attached hydrogens (tertiary/aromatic N) is 1. The van der Waals surface area contributed by atoms with Gasteiger partial charge in [-0.2, -0.15) is 0 Å². The summed E-state index contributed by atoms with van der Waals surface area (Å²) in [6.45, 7) is 19.3. The third-order valence-corrected chi connectivity index (χ3v) is 16.3. The maximum Gasteiger partial charge on any atom is 0.315 e. The topological polar surface area (TPSA) is 60.5 Å². The Morgan fingerprint density at radius 1 is 0.875 bits per heavy atom. The smallest absolute Gasteiger partial charge is 0.315 e.